The number of carbonyl (C=O) groups excluding carboxylic acids is 2. The van der Waals surface area contributed by atoms with Crippen molar-refractivity contribution in [3.8, 4) is 17.0 Å². The minimum Gasteiger partial charge on any atom is -0.474 e. The van der Waals surface area contributed by atoms with E-state index in [0.29, 0.717) is 23.0 Å². The van der Waals surface area contributed by atoms with Crippen LogP contribution in [0.3, 0.4) is 0 Å². The van der Waals surface area contributed by atoms with Crippen molar-refractivity contribution in [2.75, 3.05) is 6.61 Å². The summed E-state index contributed by atoms with van der Waals surface area (Å²) < 4.78 is 119. The topological polar surface area (TPSA) is 113 Å². The van der Waals surface area contributed by atoms with Crippen molar-refractivity contribution in [3.63, 3.8) is 0 Å². The van der Waals surface area contributed by atoms with E-state index in [9.17, 15) is 27.2 Å². The molecular weight excluding hydrogens is 756 g/mol. The number of aromatic nitrogens is 2. The van der Waals surface area contributed by atoms with E-state index in [1.165, 1.54) is 12.2 Å². The third-order valence-electron chi connectivity index (χ3n) is 8.32. The minimum atomic E-state index is -4.60. The number of benzene rings is 2. The molecular formula is C33H25BBrF7N4O5. The van der Waals surface area contributed by atoms with E-state index in [-0.39, 0.29) is 46.1 Å². The largest absolute Gasteiger partial charge is 0.737 e. The van der Waals surface area contributed by atoms with Crippen LogP contribution < -0.4 is 10.5 Å². The standard InChI is InChI=1S/C33H25BBrF7N4O5/c1-16-13-17(2)45-23(16)14-21-8-7-20(46(21)34(45,41)42)9-12-26(47)49-15-25(50-24-11-10-22(36)27(28(24)37)31(43)48)32-44-29(30(35)51-32)18-3-5-19(6-4-18)33(38,39)40/h3-8,10-11,13-14,25H,9,12,15H2,1-2H3,(H2,43,48)/t25-/m1/s1. The van der Waals surface area contributed by atoms with Gasteiger partial charge in [0.2, 0.25) is 12.0 Å². The maximum absolute atomic E-state index is 15.8. The third kappa shape index (κ3) is 6.71. The number of nitrogens with zero attached hydrogens (tertiary/aromatic N) is 3. The van der Waals surface area contributed by atoms with Crippen LogP contribution in [0.5, 0.6) is 5.75 Å². The summed E-state index contributed by atoms with van der Waals surface area (Å²) in [4.78, 5) is 28.9. The number of allylic oxidation sites excluding steroid dienone is 2. The quantitative estimate of drug-likeness (QED) is 0.101. The van der Waals surface area contributed by atoms with Crippen molar-refractivity contribution in [3.05, 3.63) is 111 Å². The summed E-state index contributed by atoms with van der Waals surface area (Å²) in [5.74, 6) is -6.12. The highest BCUT2D eigenvalue weighted by molar-refractivity contribution is 9.10. The molecule has 2 N–H and O–H groups in total. The second-order valence-corrected chi connectivity index (χ2v) is 12.4. The molecule has 2 aromatic heterocycles. The van der Waals surface area contributed by atoms with Crippen LogP contribution in [0.15, 0.2) is 69.4 Å². The number of nitrogens with two attached hydrogens (primary N) is 1. The fraction of sp³-hybridized carbons (Fsp3) is 0.212. The number of alkyl halides is 3. The van der Waals surface area contributed by atoms with Crippen molar-refractivity contribution in [2.45, 2.75) is 39.0 Å². The molecule has 2 aliphatic heterocycles. The summed E-state index contributed by atoms with van der Waals surface area (Å²) in [6, 6.07) is 7.12. The van der Waals surface area contributed by atoms with Crippen molar-refractivity contribution in [1.82, 2.24) is 9.46 Å². The molecule has 2 aliphatic rings. The average molecular weight is 781 g/mol. The monoisotopic (exact) mass is 780 g/mol. The highest BCUT2D eigenvalue weighted by Crippen LogP contribution is 2.37. The zero-order chi connectivity index (χ0) is 37.0. The Morgan fingerprint density at radius 3 is 2.47 bits per heavy atom. The molecule has 0 spiro atoms. The predicted octanol–water partition coefficient (Wildman–Crippen LogP) is 7.66. The molecule has 18 heteroatoms. The first kappa shape index (κ1) is 35.7. The Balaban J connectivity index is 1.24. The smallest absolute Gasteiger partial charge is 0.474 e. The number of fused-ring (bicyclic) bond motifs is 2. The number of amides is 1. The van der Waals surface area contributed by atoms with Gasteiger partial charge in [0.05, 0.1) is 12.0 Å². The summed E-state index contributed by atoms with van der Waals surface area (Å²) in [6.45, 7) is -1.67. The number of halogens is 8. The van der Waals surface area contributed by atoms with Gasteiger partial charge in [-0.1, -0.05) is 12.1 Å². The maximum atomic E-state index is 15.8. The lowest BCUT2D eigenvalue weighted by atomic mass is 9.90. The lowest BCUT2D eigenvalue weighted by Crippen LogP contribution is -2.50. The first-order valence-electron chi connectivity index (χ1n) is 15.2. The third-order valence-corrected chi connectivity index (χ3v) is 8.86. The molecule has 0 aliphatic carbocycles. The van der Waals surface area contributed by atoms with Gasteiger partial charge in [0, 0.05) is 35.9 Å². The zero-order valence-corrected chi connectivity index (χ0v) is 28.1. The van der Waals surface area contributed by atoms with E-state index in [1.54, 1.807) is 26.0 Å². The van der Waals surface area contributed by atoms with E-state index in [1.807, 2.05) is 0 Å². The fourth-order valence-electron chi connectivity index (χ4n) is 5.98. The zero-order valence-electron chi connectivity index (χ0n) is 26.5. The predicted molar refractivity (Wildman–Crippen MR) is 173 cm³/mol. The molecule has 4 heterocycles. The van der Waals surface area contributed by atoms with Gasteiger partial charge in [-0.2, -0.15) is 13.2 Å². The second-order valence-electron chi connectivity index (χ2n) is 11.7. The molecule has 0 fully saturated rings. The number of carbonyl (C=O) groups is 2. The Morgan fingerprint density at radius 1 is 1.10 bits per heavy atom. The molecule has 266 valence electrons. The summed E-state index contributed by atoms with van der Waals surface area (Å²) in [6.07, 6.45) is -2.05. The first-order chi connectivity index (χ1) is 24.0. The molecule has 0 unspecified atom stereocenters. The maximum Gasteiger partial charge on any atom is 0.737 e. The minimum absolute atomic E-state index is 0.00458. The molecule has 4 aromatic rings. The first-order valence-corrected chi connectivity index (χ1v) is 16.0. The number of oxazole rings is 1. The fourth-order valence-corrected chi connectivity index (χ4v) is 6.46. The van der Waals surface area contributed by atoms with Crippen LogP contribution in [0.2, 0.25) is 0 Å². The molecule has 0 bridgehead atoms. The number of rotatable bonds is 10. The normalized spacial score (nSPS) is 15.4. The number of ether oxygens (including phenoxy) is 2. The van der Waals surface area contributed by atoms with Gasteiger partial charge >= 0.3 is 19.1 Å². The summed E-state index contributed by atoms with van der Waals surface area (Å²) >= 11 is 3.14. The Hall–Kier alpha value is -5.13. The van der Waals surface area contributed by atoms with Crippen LogP contribution >= 0.6 is 15.9 Å². The Labute approximate surface area is 293 Å². The van der Waals surface area contributed by atoms with Gasteiger partial charge < -0.3 is 37.2 Å². The van der Waals surface area contributed by atoms with Gasteiger partial charge in [-0.05, 0) is 71.4 Å². The van der Waals surface area contributed by atoms with E-state index >= 15 is 13.0 Å². The van der Waals surface area contributed by atoms with Gasteiger partial charge in [0.15, 0.2) is 21.9 Å². The average Bonchev–Trinajstić information content (AvgIpc) is 3.73. The van der Waals surface area contributed by atoms with Gasteiger partial charge in [0.25, 0.3) is 5.91 Å². The highest BCUT2D eigenvalue weighted by Gasteiger charge is 2.52. The van der Waals surface area contributed by atoms with E-state index in [2.05, 4.69) is 20.9 Å². The second kappa shape index (κ2) is 13.2. The lowest BCUT2D eigenvalue weighted by Gasteiger charge is -2.30. The SMILES string of the molecule is Cc1cc(C)n2c1C=C1C=CC(CCC(=O)OC[C@@H](Oc3ccc(F)c(C(N)=O)c3F)c3nc(-c4ccc(C(F)(F)F)cc4)c(Br)o3)=[N+]1[B-]2(F)F. The van der Waals surface area contributed by atoms with Crippen LogP contribution in [-0.2, 0) is 15.7 Å². The Morgan fingerprint density at radius 2 is 1.80 bits per heavy atom. The van der Waals surface area contributed by atoms with E-state index in [0.717, 1.165) is 39.3 Å². The summed E-state index contributed by atoms with van der Waals surface area (Å²) in [7, 11) is 0. The summed E-state index contributed by atoms with van der Waals surface area (Å²) in [5, 5.41) is 0. The number of esters is 1. The number of aryl methyl sites for hydroxylation is 2. The molecule has 6 rings (SSSR count). The molecule has 2 aromatic carbocycles. The molecule has 1 atom stereocenters. The highest BCUT2D eigenvalue weighted by atomic mass is 79.9. The lowest BCUT2D eigenvalue weighted by molar-refractivity contribution is -0.362. The van der Waals surface area contributed by atoms with Gasteiger partial charge in [-0.3, -0.25) is 9.59 Å². The van der Waals surface area contributed by atoms with Crippen molar-refractivity contribution in [1.29, 1.82) is 0 Å². The van der Waals surface area contributed by atoms with Crippen molar-refractivity contribution < 1.29 is 58.5 Å². The Bertz CT molecular complexity index is 2170. The number of hydrogen-bond donors (Lipinski definition) is 1. The van der Waals surface area contributed by atoms with Crippen LogP contribution in [0.4, 0.5) is 30.6 Å². The molecule has 0 saturated carbocycles. The van der Waals surface area contributed by atoms with Crippen LogP contribution in [0, 0.1) is 25.5 Å². The Kier molecular flexibility index (Phi) is 9.24. The van der Waals surface area contributed by atoms with Crippen LogP contribution in [0.1, 0.15) is 57.7 Å². The molecule has 51 heavy (non-hydrogen) atoms. The number of hydrogen-bond acceptors (Lipinski definition) is 6. The number of primary amides is 1. The molecule has 0 radical (unpaired) electrons. The van der Waals surface area contributed by atoms with E-state index < -0.39 is 66.2 Å². The molecule has 0 saturated heterocycles. The molecule has 1 amide bonds. The van der Waals surface area contributed by atoms with Gasteiger partial charge in [0.1, 0.15) is 29.4 Å². The van der Waals surface area contributed by atoms with Crippen LogP contribution in [-0.4, -0.2) is 45.1 Å². The van der Waals surface area contributed by atoms with Crippen LogP contribution in [0.25, 0.3) is 17.3 Å². The summed E-state index contributed by atoms with van der Waals surface area (Å²) in [5.41, 5.74) is 5.15. The van der Waals surface area contributed by atoms with Crippen molar-refractivity contribution >= 4 is 46.6 Å². The van der Waals surface area contributed by atoms with Crippen molar-refractivity contribution in [2.24, 2.45) is 5.73 Å². The van der Waals surface area contributed by atoms with Gasteiger partial charge in [-0.15, -0.1) is 0 Å². The molecule has 9 nitrogen and oxygen atoms in total. The van der Waals surface area contributed by atoms with Gasteiger partial charge in [-0.25, -0.2) is 13.8 Å². The van der Waals surface area contributed by atoms with E-state index in [4.69, 9.17) is 19.6 Å².